The van der Waals surface area contributed by atoms with Crippen LogP contribution in [0.15, 0.2) is 29.6 Å². The number of ether oxygens (including phenoxy) is 1. The van der Waals surface area contributed by atoms with Gasteiger partial charge < -0.3 is 10.1 Å². The average molecular weight is 312 g/mol. The number of rotatable bonds is 7. The molecule has 0 aliphatic heterocycles. The lowest BCUT2D eigenvalue weighted by molar-refractivity contribution is -0.0506. The zero-order valence-corrected chi connectivity index (χ0v) is 12.8. The molecule has 3 nitrogen and oxygen atoms in total. The Morgan fingerprint density at radius 2 is 2.10 bits per heavy atom. The summed E-state index contributed by atoms with van der Waals surface area (Å²) in [7, 11) is 0. The van der Waals surface area contributed by atoms with Gasteiger partial charge in [0.15, 0.2) is 0 Å². The highest BCUT2D eigenvalue weighted by Gasteiger charge is 2.21. The molecule has 0 spiro atoms. The lowest BCUT2D eigenvalue weighted by Crippen LogP contribution is -2.24. The minimum Gasteiger partial charge on any atom is -0.434 e. The molecule has 2 aromatic rings. The van der Waals surface area contributed by atoms with Gasteiger partial charge in [-0.05, 0) is 26.0 Å². The molecule has 1 N–H and O–H groups in total. The second-order valence-electron chi connectivity index (χ2n) is 4.63. The average Bonchev–Trinajstić information content (AvgIpc) is 2.87. The summed E-state index contributed by atoms with van der Waals surface area (Å²) in [4.78, 5) is 4.47. The van der Waals surface area contributed by atoms with Gasteiger partial charge in [0.2, 0.25) is 0 Å². The molecule has 0 aliphatic rings. The Morgan fingerprint density at radius 3 is 2.71 bits per heavy atom. The zero-order chi connectivity index (χ0) is 15.2. The maximum Gasteiger partial charge on any atom is 0.387 e. The zero-order valence-electron chi connectivity index (χ0n) is 12.0. The van der Waals surface area contributed by atoms with Crippen LogP contribution in [-0.4, -0.2) is 18.1 Å². The lowest BCUT2D eigenvalue weighted by Gasteiger charge is -2.20. The van der Waals surface area contributed by atoms with Crippen molar-refractivity contribution >= 4 is 11.3 Å². The Balaban J connectivity index is 2.36. The van der Waals surface area contributed by atoms with Gasteiger partial charge in [0.25, 0.3) is 0 Å². The third kappa shape index (κ3) is 4.22. The summed E-state index contributed by atoms with van der Waals surface area (Å²) in [6, 6.07) is 6.61. The molecular weight excluding hydrogens is 294 g/mol. The molecular formula is C15H18F2N2OS. The van der Waals surface area contributed by atoms with E-state index in [0.717, 1.165) is 23.7 Å². The molecule has 0 amide bonds. The molecule has 6 heteroatoms. The van der Waals surface area contributed by atoms with Crippen LogP contribution in [0.3, 0.4) is 0 Å². The summed E-state index contributed by atoms with van der Waals surface area (Å²) in [5.74, 6) is 0.189. The SMILES string of the molecule is CCCNC(c1nc(C)cs1)c1ccccc1OC(F)F. The van der Waals surface area contributed by atoms with Crippen molar-refractivity contribution in [1.82, 2.24) is 10.3 Å². The fourth-order valence-electron chi connectivity index (χ4n) is 2.05. The van der Waals surface area contributed by atoms with Crippen LogP contribution in [0.2, 0.25) is 0 Å². The van der Waals surface area contributed by atoms with Gasteiger partial charge in [0.05, 0.1) is 6.04 Å². The predicted octanol–water partition coefficient (Wildman–Crippen LogP) is 4.14. The van der Waals surface area contributed by atoms with Gasteiger partial charge in [-0.2, -0.15) is 8.78 Å². The van der Waals surface area contributed by atoms with Crippen molar-refractivity contribution in [3.05, 3.63) is 45.9 Å². The number of hydrogen-bond acceptors (Lipinski definition) is 4. The van der Waals surface area contributed by atoms with E-state index in [-0.39, 0.29) is 11.8 Å². The third-order valence-electron chi connectivity index (χ3n) is 2.93. The maximum absolute atomic E-state index is 12.6. The Labute approximate surface area is 127 Å². The first-order valence-corrected chi connectivity index (χ1v) is 7.69. The smallest absolute Gasteiger partial charge is 0.387 e. The van der Waals surface area contributed by atoms with Crippen LogP contribution in [0.25, 0.3) is 0 Å². The minimum atomic E-state index is -2.84. The Hall–Kier alpha value is -1.53. The van der Waals surface area contributed by atoms with E-state index in [4.69, 9.17) is 0 Å². The summed E-state index contributed by atoms with van der Waals surface area (Å²) in [6.07, 6.45) is 0.943. The first kappa shape index (κ1) is 15.9. The highest BCUT2D eigenvalue weighted by Crippen LogP contribution is 2.32. The molecule has 1 aromatic heterocycles. The number of para-hydroxylation sites is 1. The van der Waals surface area contributed by atoms with Gasteiger partial charge in [-0.3, -0.25) is 0 Å². The normalized spacial score (nSPS) is 12.6. The summed E-state index contributed by atoms with van der Waals surface area (Å²) in [6.45, 7) is 1.90. The molecule has 1 heterocycles. The fourth-order valence-corrected chi connectivity index (χ4v) is 2.93. The number of hydrogen-bond donors (Lipinski definition) is 1. The highest BCUT2D eigenvalue weighted by atomic mass is 32.1. The maximum atomic E-state index is 12.6. The van der Waals surface area contributed by atoms with E-state index in [1.807, 2.05) is 18.4 Å². The number of thiazole rings is 1. The Morgan fingerprint density at radius 1 is 1.33 bits per heavy atom. The molecule has 0 fully saturated rings. The van der Waals surface area contributed by atoms with E-state index < -0.39 is 6.61 Å². The number of aryl methyl sites for hydroxylation is 1. The Kier molecular flexibility index (Phi) is 5.64. The number of halogens is 2. The van der Waals surface area contributed by atoms with Gasteiger partial charge >= 0.3 is 6.61 Å². The second kappa shape index (κ2) is 7.47. The molecule has 0 saturated heterocycles. The molecule has 1 aromatic carbocycles. The summed E-state index contributed by atoms with van der Waals surface area (Å²) in [5.41, 5.74) is 1.60. The van der Waals surface area contributed by atoms with Crippen molar-refractivity contribution in [2.45, 2.75) is 32.9 Å². The molecule has 0 bridgehead atoms. The van der Waals surface area contributed by atoms with Gasteiger partial charge in [0, 0.05) is 16.6 Å². The van der Waals surface area contributed by atoms with Crippen molar-refractivity contribution in [2.75, 3.05) is 6.54 Å². The van der Waals surface area contributed by atoms with Crippen molar-refractivity contribution in [1.29, 1.82) is 0 Å². The van der Waals surface area contributed by atoms with Gasteiger partial charge in [-0.15, -0.1) is 11.3 Å². The number of alkyl halides is 2. The van der Waals surface area contributed by atoms with Crippen molar-refractivity contribution in [3.8, 4) is 5.75 Å². The summed E-state index contributed by atoms with van der Waals surface area (Å²) in [5, 5.41) is 6.16. The summed E-state index contributed by atoms with van der Waals surface area (Å²) < 4.78 is 29.8. The van der Waals surface area contributed by atoms with E-state index in [1.165, 1.54) is 11.3 Å². The molecule has 0 radical (unpaired) electrons. The third-order valence-corrected chi connectivity index (χ3v) is 3.96. The monoisotopic (exact) mass is 312 g/mol. The standard InChI is InChI=1S/C15H18F2N2OS/c1-3-8-18-13(14-19-10(2)9-21-14)11-6-4-5-7-12(11)20-15(16)17/h4-7,9,13,15,18H,3,8H2,1-2H3. The van der Waals surface area contributed by atoms with E-state index in [1.54, 1.807) is 18.2 Å². The van der Waals surface area contributed by atoms with Gasteiger partial charge in [0.1, 0.15) is 10.8 Å². The number of nitrogens with one attached hydrogen (secondary N) is 1. The van der Waals surface area contributed by atoms with Crippen LogP contribution in [0, 0.1) is 6.92 Å². The van der Waals surface area contributed by atoms with Crippen molar-refractivity contribution in [2.24, 2.45) is 0 Å². The van der Waals surface area contributed by atoms with E-state index in [0.29, 0.717) is 5.56 Å². The summed E-state index contributed by atoms with van der Waals surface area (Å²) >= 11 is 1.51. The van der Waals surface area contributed by atoms with Crippen molar-refractivity contribution < 1.29 is 13.5 Å². The molecule has 0 saturated carbocycles. The first-order valence-electron chi connectivity index (χ1n) is 6.81. The lowest BCUT2D eigenvalue weighted by atomic mass is 10.1. The first-order chi connectivity index (χ1) is 10.1. The van der Waals surface area contributed by atoms with Crippen LogP contribution in [-0.2, 0) is 0 Å². The number of aromatic nitrogens is 1. The van der Waals surface area contributed by atoms with E-state index >= 15 is 0 Å². The van der Waals surface area contributed by atoms with Gasteiger partial charge in [-0.1, -0.05) is 25.1 Å². The molecule has 0 aliphatic carbocycles. The molecule has 114 valence electrons. The van der Waals surface area contributed by atoms with Crippen LogP contribution >= 0.6 is 11.3 Å². The van der Waals surface area contributed by atoms with Crippen LogP contribution < -0.4 is 10.1 Å². The van der Waals surface area contributed by atoms with Crippen molar-refractivity contribution in [3.63, 3.8) is 0 Å². The van der Waals surface area contributed by atoms with Crippen LogP contribution in [0.4, 0.5) is 8.78 Å². The fraction of sp³-hybridized carbons (Fsp3) is 0.400. The molecule has 2 rings (SSSR count). The highest BCUT2D eigenvalue weighted by molar-refractivity contribution is 7.09. The van der Waals surface area contributed by atoms with E-state index in [9.17, 15) is 8.78 Å². The van der Waals surface area contributed by atoms with E-state index in [2.05, 4.69) is 22.0 Å². The largest absolute Gasteiger partial charge is 0.434 e. The number of nitrogens with zero attached hydrogens (tertiary/aromatic N) is 1. The second-order valence-corrected chi connectivity index (χ2v) is 5.52. The Bertz CT molecular complexity index is 574. The predicted molar refractivity (Wildman–Crippen MR) is 80.1 cm³/mol. The quantitative estimate of drug-likeness (QED) is 0.834. The topological polar surface area (TPSA) is 34.2 Å². The van der Waals surface area contributed by atoms with Crippen LogP contribution in [0.5, 0.6) is 5.75 Å². The van der Waals surface area contributed by atoms with Crippen LogP contribution in [0.1, 0.15) is 35.7 Å². The minimum absolute atomic E-state index is 0.189. The van der Waals surface area contributed by atoms with Gasteiger partial charge in [-0.25, -0.2) is 4.98 Å². The molecule has 21 heavy (non-hydrogen) atoms. The number of benzene rings is 1. The molecule has 1 atom stereocenters. The molecule has 1 unspecified atom stereocenters.